The van der Waals surface area contributed by atoms with E-state index in [9.17, 15) is 0 Å². The maximum absolute atomic E-state index is 4.56. The first-order chi connectivity index (χ1) is 9.19. The highest BCUT2D eigenvalue weighted by Gasteiger charge is 2.12. The van der Waals surface area contributed by atoms with Crippen molar-refractivity contribution in [2.24, 2.45) is 0 Å². The Morgan fingerprint density at radius 3 is 2.68 bits per heavy atom. The molecule has 2 N–H and O–H groups in total. The lowest BCUT2D eigenvalue weighted by Gasteiger charge is -2.05. The number of aryl methyl sites for hydroxylation is 2. The van der Waals surface area contributed by atoms with E-state index in [0.29, 0.717) is 5.95 Å². The summed E-state index contributed by atoms with van der Waals surface area (Å²) in [5, 5.41) is 4.20. The lowest BCUT2D eigenvalue weighted by atomic mass is 10.1. The van der Waals surface area contributed by atoms with Gasteiger partial charge in [-0.05, 0) is 26.0 Å². The zero-order valence-corrected chi connectivity index (χ0v) is 11.3. The number of nitrogens with one attached hydrogen (secondary N) is 2. The molecule has 0 aliphatic heterocycles. The van der Waals surface area contributed by atoms with Gasteiger partial charge in [-0.1, -0.05) is 18.2 Å². The summed E-state index contributed by atoms with van der Waals surface area (Å²) in [6.45, 7) is 4.06. The van der Waals surface area contributed by atoms with Gasteiger partial charge in [-0.2, -0.15) is 0 Å². The summed E-state index contributed by atoms with van der Waals surface area (Å²) in [5.74, 6) is 0.652. The van der Waals surface area contributed by atoms with Gasteiger partial charge in [0.15, 0.2) is 0 Å². The fourth-order valence-corrected chi connectivity index (χ4v) is 2.42. The van der Waals surface area contributed by atoms with Crippen molar-refractivity contribution in [1.82, 2.24) is 15.0 Å². The lowest BCUT2D eigenvalue weighted by molar-refractivity contribution is 1.10. The molecule has 0 unspecified atom stereocenters. The van der Waals surface area contributed by atoms with E-state index in [0.717, 1.165) is 28.2 Å². The highest BCUT2D eigenvalue weighted by atomic mass is 15.1. The van der Waals surface area contributed by atoms with Crippen LogP contribution in [0.3, 0.4) is 0 Å². The molecule has 0 radical (unpaired) electrons. The highest BCUT2D eigenvalue weighted by molar-refractivity contribution is 5.96. The molecular weight excluding hydrogens is 236 g/mol. The Kier molecular flexibility index (Phi) is 2.71. The van der Waals surface area contributed by atoms with Crippen molar-refractivity contribution in [2.45, 2.75) is 13.8 Å². The molecule has 0 fully saturated rings. The molecule has 19 heavy (non-hydrogen) atoms. The topological polar surface area (TPSA) is 53.6 Å². The van der Waals surface area contributed by atoms with Crippen LogP contribution in [0.15, 0.2) is 30.3 Å². The molecule has 3 rings (SSSR count). The molecule has 0 amide bonds. The van der Waals surface area contributed by atoms with Crippen LogP contribution in [0.25, 0.3) is 22.2 Å². The van der Waals surface area contributed by atoms with Gasteiger partial charge < -0.3 is 10.3 Å². The maximum atomic E-state index is 4.56. The summed E-state index contributed by atoms with van der Waals surface area (Å²) in [4.78, 5) is 12.3. The molecule has 0 aliphatic carbocycles. The molecule has 4 nitrogen and oxygen atoms in total. The van der Waals surface area contributed by atoms with Crippen LogP contribution in [-0.2, 0) is 0 Å². The Labute approximate surface area is 111 Å². The molecule has 0 aliphatic rings. The number of rotatable bonds is 2. The van der Waals surface area contributed by atoms with Gasteiger partial charge in [0, 0.05) is 34.9 Å². The summed E-state index contributed by atoms with van der Waals surface area (Å²) < 4.78 is 0. The first-order valence-corrected chi connectivity index (χ1v) is 6.30. The molecule has 1 aromatic carbocycles. The normalized spacial score (nSPS) is 10.9. The van der Waals surface area contributed by atoms with Crippen LogP contribution >= 0.6 is 0 Å². The molecule has 0 spiro atoms. The average molecular weight is 252 g/mol. The predicted octanol–water partition coefficient (Wildman–Crippen LogP) is 3.28. The third-order valence-electron chi connectivity index (χ3n) is 3.23. The summed E-state index contributed by atoms with van der Waals surface area (Å²) in [6, 6.07) is 10.3. The van der Waals surface area contributed by atoms with Gasteiger partial charge in [-0.15, -0.1) is 0 Å². The average Bonchev–Trinajstić information content (AvgIpc) is 2.73. The van der Waals surface area contributed by atoms with Gasteiger partial charge in [-0.25, -0.2) is 9.97 Å². The van der Waals surface area contributed by atoms with Crippen LogP contribution in [0.2, 0.25) is 0 Å². The number of para-hydroxylation sites is 1. The number of H-pyrrole nitrogens is 1. The van der Waals surface area contributed by atoms with E-state index >= 15 is 0 Å². The molecule has 0 saturated carbocycles. The first kappa shape index (κ1) is 11.7. The highest BCUT2D eigenvalue weighted by Crippen LogP contribution is 2.31. The fourth-order valence-electron chi connectivity index (χ4n) is 2.42. The van der Waals surface area contributed by atoms with E-state index in [1.807, 2.05) is 32.2 Å². The number of hydrogen-bond acceptors (Lipinski definition) is 3. The molecule has 2 heterocycles. The second-order valence-electron chi connectivity index (χ2n) is 4.64. The number of aromatic amines is 1. The zero-order chi connectivity index (χ0) is 13.4. The van der Waals surface area contributed by atoms with E-state index in [1.54, 1.807) is 0 Å². The Bertz CT molecular complexity index is 743. The number of aromatic nitrogens is 3. The minimum absolute atomic E-state index is 0.652. The van der Waals surface area contributed by atoms with Crippen LogP contribution in [0.5, 0.6) is 0 Å². The molecule has 3 aromatic rings. The maximum Gasteiger partial charge on any atom is 0.223 e. The van der Waals surface area contributed by atoms with E-state index < -0.39 is 0 Å². The number of fused-ring (bicyclic) bond motifs is 1. The quantitative estimate of drug-likeness (QED) is 0.736. The first-order valence-electron chi connectivity index (χ1n) is 6.30. The summed E-state index contributed by atoms with van der Waals surface area (Å²) >= 11 is 0. The Balaban J connectivity index is 2.29. The predicted molar refractivity (Wildman–Crippen MR) is 78.3 cm³/mol. The lowest BCUT2D eigenvalue weighted by Crippen LogP contribution is -1.99. The summed E-state index contributed by atoms with van der Waals surface area (Å²) in [6.07, 6.45) is 0. The van der Waals surface area contributed by atoms with Crippen molar-refractivity contribution in [3.05, 3.63) is 41.7 Å². The summed E-state index contributed by atoms with van der Waals surface area (Å²) in [7, 11) is 1.83. The van der Waals surface area contributed by atoms with Crippen molar-refractivity contribution >= 4 is 16.9 Å². The smallest absolute Gasteiger partial charge is 0.223 e. The number of benzene rings is 1. The van der Waals surface area contributed by atoms with Gasteiger partial charge in [0.25, 0.3) is 0 Å². The molecule has 0 saturated heterocycles. The molecule has 0 bridgehead atoms. The van der Waals surface area contributed by atoms with Gasteiger partial charge in [-0.3, -0.25) is 0 Å². The van der Waals surface area contributed by atoms with Gasteiger partial charge in [0.1, 0.15) is 0 Å². The van der Waals surface area contributed by atoms with Crippen molar-refractivity contribution in [3.63, 3.8) is 0 Å². The molecule has 0 atom stereocenters. The van der Waals surface area contributed by atoms with Gasteiger partial charge in [0.05, 0.1) is 5.69 Å². The van der Waals surface area contributed by atoms with E-state index in [1.165, 1.54) is 5.39 Å². The molecule has 4 heteroatoms. The number of anilines is 1. The molecule has 96 valence electrons. The zero-order valence-electron chi connectivity index (χ0n) is 11.3. The molecule has 2 aromatic heterocycles. The van der Waals surface area contributed by atoms with E-state index in [-0.39, 0.29) is 0 Å². The standard InChI is InChI=1S/C15H16N4/c1-9-8-13(19-15(16-3)17-9)14-10(2)18-12-7-5-4-6-11(12)14/h4-8,18H,1-3H3,(H,16,17,19). The second-order valence-corrected chi connectivity index (χ2v) is 4.64. The van der Waals surface area contributed by atoms with Crippen molar-refractivity contribution < 1.29 is 0 Å². The van der Waals surface area contributed by atoms with Crippen molar-refractivity contribution in [1.29, 1.82) is 0 Å². The minimum atomic E-state index is 0.652. The minimum Gasteiger partial charge on any atom is -0.358 e. The van der Waals surface area contributed by atoms with Crippen LogP contribution in [0.4, 0.5) is 5.95 Å². The number of nitrogens with zero attached hydrogens (tertiary/aromatic N) is 2. The third-order valence-corrected chi connectivity index (χ3v) is 3.23. The Hall–Kier alpha value is -2.36. The van der Waals surface area contributed by atoms with Gasteiger partial charge in [0.2, 0.25) is 5.95 Å². The largest absolute Gasteiger partial charge is 0.358 e. The second kappa shape index (κ2) is 4.39. The fraction of sp³-hybridized carbons (Fsp3) is 0.200. The Morgan fingerprint density at radius 1 is 1.11 bits per heavy atom. The van der Waals surface area contributed by atoms with Crippen LogP contribution < -0.4 is 5.32 Å². The van der Waals surface area contributed by atoms with Crippen LogP contribution in [0.1, 0.15) is 11.4 Å². The van der Waals surface area contributed by atoms with Crippen LogP contribution in [-0.4, -0.2) is 22.0 Å². The monoisotopic (exact) mass is 252 g/mol. The summed E-state index contributed by atoms with van der Waals surface area (Å²) in [5.41, 5.74) is 5.32. The number of hydrogen-bond donors (Lipinski definition) is 2. The van der Waals surface area contributed by atoms with E-state index in [2.05, 4.69) is 39.3 Å². The van der Waals surface area contributed by atoms with Crippen molar-refractivity contribution in [3.8, 4) is 11.3 Å². The van der Waals surface area contributed by atoms with Crippen molar-refractivity contribution in [2.75, 3.05) is 12.4 Å². The van der Waals surface area contributed by atoms with E-state index in [4.69, 9.17) is 0 Å². The SMILES string of the molecule is CNc1nc(C)cc(-c2c(C)[nH]c3ccccc23)n1. The Morgan fingerprint density at radius 2 is 1.89 bits per heavy atom. The van der Waals surface area contributed by atoms with Crippen LogP contribution in [0, 0.1) is 13.8 Å². The van der Waals surface area contributed by atoms with Gasteiger partial charge >= 0.3 is 0 Å². The third kappa shape index (κ3) is 1.95. The molecular formula is C15H16N4.